The first-order chi connectivity index (χ1) is 12.1. The third-order valence-corrected chi connectivity index (χ3v) is 5.12. The second-order valence-electron chi connectivity index (χ2n) is 5.51. The second kappa shape index (κ2) is 8.22. The number of hydrogen-bond donors (Lipinski definition) is 1. The van der Waals surface area contributed by atoms with Crippen LogP contribution in [0.1, 0.15) is 17.1 Å². The molecule has 3 rings (SSSR count). The number of hydrogen-bond acceptors (Lipinski definition) is 6. The van der Waals surface area contributed by atoms with Crippen LogP contribution in [0.4, 0.5) is 0 Å². The molecule has 0 bridgehead atoms. The van der Waals surface area contributed by atoms with Crippen LogP contribution in [0.15, 0.2) is 46.9 Å². The molecule has 0 saturated carbocycles. The lowest BCUT2D eigenvalue weighted by Crippen LogP contribution is -2.24. The highest BCUT2D eigenvalue weighted by atomic mass is 32.2. The van der Waals surface area contributed by atoms with Crippen molar-refractivity contribution in [3.05, 3.63) is 58.9 Å². The van der Waals surface area contributed by atoms with Crippen LogP contribution in [0.25, 0.3) is 10.6 Å². The molecule has 5 nitrogen and oxygen atoms in total. The topological polar surface area (TPSA) is 67.8 Å². The fourth-order valence-electron chi connectivity index (χ4n) is 2.23. The minimum atomic E-state index is -0.0537. The Morgan fingerprint density at radius 1 is 1.12 bits per heavy atom. The predicted molar refractivity (Wildman–Crippen MR) is 102 cm³/mol. The predicted octanol–water partition coefficient (Wildman–Crippen LogP) is 3.63. The highest BCUT2D eigenvalue weighted by Gasteiger charge is 2.08. The first kappa shape index (κ1) is 17.6. The summed E-state index contributed by atoms with van der Waals surface area (Å²) >= 11 is 2.92. The molecule has 0 unspecified atom stereocenters. The van der Waals surface area contributed by atoms with Gasteiger partial charge in [-0.1, -0.05) is 42.1 Å². The minimum Gasteiger partial charge on any atom is -0.350 e. The third kappa shape index (κ3) is 5.11. The van der Waals surface area contributed by atoms with Crippen LogP contribution in [-0.4, -0.2) is 26.6 Å². The van der Waals surface area contributed by atoms with Crippen LogP contribution in [-0.2, 0) is 11.3 Å². The number of amides is 1. The maximum absolute atomic E-state index is 12.0. The van der Waals surface area contributed by atoms with E-state index in [1.807, 2.05) is 55.6 Å². The Morgan fingerprint density at radius 2 is 1.84 bits per heavy atom. The quantitative estimate of drug-likeness (QED) is 0.530. The van der Waals surface area contributed by atoms with Gasteiger partial charge in [-0.05, 0) is 19.9 Å². The van der Waals surface area contributed by atoms with Crippen molar-refractivity contribution in [2.45, 2.75) is 25.5 Å². The Kier molecular flexibility index (Phi) is 5.78. The van der Waals surface area contributed by atoms with Gasteiger partial charge in [0.25, 0.3) is 0 Å². The van der Waals surface area contributed by atoms with E-state index < -0.39 is 0 Å². The van der Waals surface area contributed by atoms with Gasteiger partial charge in [-0.3, -0.25) is 4.79 Å². The van der Waals surface area contributed by atoms with Gasteiger partial charge in [-0.2, -0.15) is 0 Å². The smallest absolute Gasteiger partial charge is 0.230 e. The number of benzene rings is 1. The van der Waals surface area contributed by atoms with Gasteiger partial charge in [0.15, 0.2) is 5.16 Å². The van der Waals surface area contributed by atoms with E-state index in [2.05, 4.69) is 20.3 Å². The summed E-state index contributed by atoms with van der Waals surface area (Å²) in [6.45, 7) is 4.27. The fraction of sp³-hybridized carbons (Fsp3) is 0.222. The summed E-state index contributed by atoms with van der Waals surface area (Å²) in [5.41, 5.74) is 3.77. The van der Waals surface area contributed by atoms with Crippen LogP contribution < -0.4 is 5.32 Å². The van der Waals surface area contributed by atoms with Crippen LogP contribution in [0.5, 0.6) is 0 Å². The normalized spacial score (nSPS) is 10.6. The van der Waals surface area contributed by atoms with Gasteiger partial charge in [0, 0.05) is 22.3 Å². The number of aryl methyl sites for hydroxylation is 2. The first-order valence-corrected chi connectivity index (χ1v) is 9.68. The zero-order valence-electron chi connectivity index (χ0n) is 14.0. The molecule has 25 heavy (non-hydrogen) atoms. The fourth-order valence-corrected chi connectivity index (χ4v) is 3.84. The van der Waals surface area contributed by atoms with E-state index in [1.54, 1.807) is 11.3 Å². The molecule has 2 aromatic heterocycles. The van der Waals surface area contributed by atoms with Crippen LogP contribution in [0.2, 0.25) is 0 Å². The zero-order chi connectivity index (χ0) is 17.6. The lowest BCUT2D eigenvalue weighted by molar-refractivity contribution is -0.118. The largest absolute Gasteiger partial charge is 0.350 e. The van der Waals surface area contributed by atoms with Crippen molar-refractivity contribution in [1.29, 1.82) is 0 Å². The molecule has 0 aliphatic carbocycles. The van der Waals surface area contributed by atoms with E-state index in [-0.39, 0.29) is 5.91 Å². The van der Waals surface area contributed by atoms with Crippen molar-refractivity contribution in [3.8, 4) is 10.6 Å². The van der Waals surface area contributed by atoms with Gasteiger partial charge in [0.05, 0.1) is 18.0 Å². The van der Waals surface area contributed by atoms with E-state index in [4.69, 9.17) is 0 Å². The van der Waals surface area contributed by atoms with Crippen LogP contribution in [0.3, 0.4) is 0 Å². The monoisotopic (exact) mass is 370 g/mol. The first-order valence-electron chi connectivity index (χ1n) is 7.82. The highest BCUT2D eigenvalue weighted by Crippen LogP contribution is 2.23. The number of nitrogens with zero attached hydrogens (tertiary/aromatic N) is 3. The standard InChI is InChI=1S/C18H18N4OS2/c1-12-8-13(2)21-18(20-12)25-11-16(23)19-9-15-10-24-17(22-15)14-6-4-3-5-7-14/h3-8,10H,9,11H2,1-2H3,(H,19,23). The molecule has 3 aromatic rings. The van der Waals surface area contributed by atoms with Crippen LogP contribution >= 0.6 is 23.1 Å². The molecule has 1 amide bonds. The number of rotatable bonds is 6. The molecule has 0 atom stereocenters. The number of thiazole rings is 1. The molecular formula is C18H18N4OS2. The molecule has 0 spiro atoms. The molecule has 0 radical (unpaired) electrons. The van der Waals surface area contributed by atoms with Gasteiger partial charge in [0.1, 0.15) is 5.01 Å². The average Bonchev–Trinajstić information content (AvgIpc) is 3.07. The molecular weight excluding hydrogens is 352 g/mol. The number of carbonyl (C=O) groups is 1. The summed E-state index contributed by atoms with van der Waals surface area (Å²) in [5, 5.41) is 6.46. The Balaban J connectivity index is 1.50. The number of nitrogens with one attached hydrogen (secondary N) is 1. The van der Waals surface area contributed by atoms with Crippen molar-refractivity contribution in [3.63, 3.8) is 0 Å². The molecule has 0 fully saturated rings. The van der Waals surface area contributed by atoms with Gasteiger partial charge in [-0.25, -0.2) is 15.0 Å². The summed E-state index contributed by atoms with van der Waals surface area (Å²) < 4.78 is 0. The average molecular weight is 371 g/mol. The van der Waals surface area contributed by atoms with E-state index in [0.29, 0.717) is 17.5 Å². The Hall–Kier alpha value is -2.25. The second-order valence-corrected chi connectivity index (χ2v) is 7.31. The molecule has 2 heterocycles. The summed E-state index contributed by atoms with van der Waals surface area (Å²) in [4.78, 5) is 25.2. The van der Waals surface area contributed by atoms with E-state index >= 15 is 0 Å². The lowest BCUT2D eigenvalue weighted by atomic mass is 10.2. The van der Waals surface area contributed by atoms with Crippen LogP contribution in [0, 0.1) is 13.8 Å². The van der Waals surface area contributed by atoms with Crippen molar-refractivity contribution < 1.29 is 4.79 Å². The van der Waals surface area contributed by atoms with Gasteiger partial charge < -0.3 is 5.32 Å². The minimum absolute atomic E-state index is 0.0537. The summed E-state index contributed by atoms with van der Waals surface area (Å²) in [6.07, 6.45) is 0. The lowest BCUT2D eigenvalue weighted by Gasteiger charge is -2.04. The number of carbonyl (C=O) groups excluding carboxylic acids is 1. The Labute approximate surface area is 155 Å². The van der Waals surface area contributed by atoms with Crippen molar-refractivity contribution in [2.75, 3.05) is 5.75 Å². The maximum Gasteiger partial charge on any atom is 0.230 e. The highest BCUT2D eigenvalue weighted by molar-refractivity contribution is 7.99. The molecule has 128 valence electrons. The Morgan fingerprint density at radius 3 is 2.56 bits per heavy atom. The van der Waals surface area contributed by atoms with Crippen molar-refractivity contribution in [2.24, 2.45) is 0 Å². The zero-order valence-corrected chi connectivity index (χ0v) is 15.7. The summed E-state index contributed by atoms with van der Waals surface area (Å²) in [7, 11) is 0. The Bertz CT molecular complexity index is 844. The third-order valence-electron chi connectivity index (χ3n) is 3.33. The molecule has 1 N–H and O–H groups in total. The number of thioether (sulfide) groups is 1. The maximum atomic E-state index is 12.0. The van der Waals surface area contributed by atoms with Crippen molar-refractivity contribution in [1.82, 2.24) is 20.3 Å². The van der Waals surface area contributed by atoms with Gasteiger partial charge in [-0.15, -0.1) is 11.3 Å². The molecule has 0 aliphatic rings. The van der Waals surface area contributed by atoms with E-state index in [1.165, 1.54) is 11.8 Å². The van der Waals surface area contributed by atoms with E-state index in [9.17, 15) is 4.79 Å². The molecule has 0 saturated heterocycles. The SMILES string of the molecule is Cc1cc(C)nc(SCC(=O)NCc2csc(-c3ccccc3)n2)n1. The molecule has 1 aromatic carbocycles. The van der Waals surface area contributed by atoms with E-state index in [0.717, 1.165) is 27.7 Å². The molecule has 7 heteroatoms. The number of aromatic nitrogens is 3. The van der Waals surface area contributed by atoms with Gasteiger partial charge in [0.2, 0.25) is 5.91 Å². The van der Waals surface area contributed by atoms with Crippen molar-refractivity contribution >= 4 is 29.0 Å². The van der Waals surface area contributed by atoms with Gasteiger partial charge >= 0.3 is 0 Å². The summed E-state index contributed by atoms with van der Waals surface area (Å²) in [6, 6.07) is 11.9. The summed E-state index contributed by atoms with van der Waals surface area (Å²) in [5.74, 6) is 0.237. The molecule has 0 aliphatic heterocycles.